The van der Waals surface area contributed by atoms with Gasteiger partial charge in [-0.15, -0.1) is 0 Å². The number of nitrogens with zero attached hydrogens (tertiary/aromatic N) is 5. The van der Waals surface area contributed by atoms with Crippen LogP contribution in [0.25, 0.3) is 5.70 Å². The lowest BCUT2D eigenvalue weighted by Crippen LogP contribution is -2.20. The molecule has 4 rings (SSSR count). The third kappa shape index (κ3) is 2.83. The second-order valence-corrected chi connectivity index (χ2v) is 5.89. The number of fused-ring (bicyclic) bond motifs is 1. The molecule has 1 aliphatic heterocycles. The highest BCUT2D eigenvalue weighted by molar-refractivity contribution is 6.30. The second kappa shape index (κ2) is 5.99. The first-order valence-corrected chi connectivity index (χ1v) is 7.76. The van der Waals surface area contributed by atoms with Crippen molar-refractivity contribution in [3.05, 3.63) is 80.9 Å². The minimum Gasteiger partial charge on any atom is -0.323 e. The molecular weight excluding hydrogens is 344 g/mol. The lowest BCUT2D eigenvalue weighted by atomic mass is 10.0. The predicted molar refractivity (Wildman–Crippen MR) is 92.1 cm³/mol. The van der Waals surface area contributed by atoms with Crippen LogP contribution in [0.15, 0.2) is 54.6 Å². The molecule has 1 N–H and O–H groups in total. The summed E-state index contributed by atoms with van der Waals surface area (Å²) in [6.07, 6.45) is 1.92. The molecule has 1 aromatic heterocycles. The van der Waals surface area contributed by atoms with Crippen LogP contribution in [0.4, 0.5) is 11.6 Å². The Morgan fingerprint density at radius 3 is 2.76 bits per heavy atom. The number of hydrogen-bond donors (Lipinski definition) is 1. The fraction of sp³-hybridized carbons (Fsp3) is 0.0625. The number of halogens is 1. The molecule has 1 atom stereocenters. The number of anilines is 1. The molecule has 0 radical (unpaired) electrons. The molecule has 2 heterocycles. The van der Waals surface area contributed by atoms with Gasteiger partial charge < -0.3 is 5.32 Å². The summed E-state index contributed by atoms with van der Waals surface area (Å²) >= 11 is 5.95. The van der Waals surface area contributed by atoms with Gasteiger partial charge in [-0.25, -0.2) is 0 Å². The highest BCUT2D eigenvalue weighted by Gasteiger charge is 2.25. The van der Waals surface area contributed by atoms with Crippen LogP contribution in [0.3, 0.4) is 0 Å². The fourth-order valence-electron chi connectivity index (χ4n) is 2.71. The SMILES string of the molecule is O=[N+]([O-])c1cccc([C@@H]2C=C(c3ccc(Cl)cc3)Nc3nnnn32)c1. The van der Waals surface area contributed by atoms with Crippen LogP contribution in [-0.4, -0.2) is 25.1 Å². The van der Waals surface area contributed by atoms with Crippen LogP contribution in [-0.2, 0) is 0 Å². The van der Waals surface area contributed by atoms with Crippen molar-refractivity contribution in [1.82, 2.24) is 20.2 Å². The first-order chi connectivity index (χ1) is 12.1. The molecule has 9 heteroatoms. The lowest BCUT2D eigenvalue weighted by Gasteiger charge is -2.23. The van der Waals surface area contributed by atoms with E-state index in [9.17, 15) is 10.1 Å². The number of rotatable bonds is 3. The van der Waals surface area contributed by atoms with Gasteiger partial charge in [0.1, 0.15) is 6.04 Å². The molecule has 0 saturated carbocycles. The van der Waals surface area contributed by atoms with Crippen LogP contribution >= 0.6 is 11.6 Å². The monoisotopic (exact) mass is 354 g/mol. The van der Waals surface area contributed by atoms with Gasteiger partial charge in [-0.2, -0.15) is 4.68 Å². The Morgan fingerprint density at radius 2 is 2.00 bits per heavy atom. The first kappa shape index (κ1) is 15.3. The summed E-state index contributed by atoms with van der Waals surface area (Å²) in [5, 5.41) is 26.5. The van der Waals surface area contributed by atoms with Crippen molar-refractivity contribution in [3.63, 3.8) is 0 Å². The molecule has 0 aliphatic carbocycles. The summed E-state index contributed by atoms with van der Waals surface area (Å²) in [6.45, 7) is 0. The van der Waals surface area contributed by atoms with Gasteiger partial charge in [-0.1, -0.05) is 41.0 Å². The summed E-state index contributed by atoms with van der Waals surface area (Å²) in [6, 6.07) is 13.4. The quantitative estimate of drug-likeness (QED) is 0.572. The maximum atomic E-state index is 11.1. The Bertz CT molecular complexity index is 982. The number of non-ortho nitro benzene ring substituents is 1. The normalized spacial score (nSPS) is 15.9. The molecule has 8 nitrogen and oxygen atoms in total. The molecule has 0 unspecified atom stereocenters. The van der Waals surface area contributed by atoms with E-state index in [0.717, 1.165) is 16.8 Å². The second-order valence-electron chi connectivity index (χ2n) is 5.46. The Hall–Kier alpha value is -3.26. The smallest absolute Gasteiger partial charge is 0.269 e. The standard InChI is InChI=1S/C16H11ClN6O2/c17-12-6-4-10(5-7-12)14-9-15(22-16(18-14)19-20-21-22)11-2-1-3-13(8-11)23(24)25/h1-9,15H,(H,18,19,21)/t15-/m0/s1. The number of nitro groups is 1. The molecule has 0 saturated heterocycles. The van der Waals surface area contributed by atoms with Crippen molar-refractivity contribution in [2.24, 2.45) is 0 Å². The van der Waals surface area contributed by atoms with E-state index in [1.807, 2.05) is 24.3 Å². The van der Waals surface area contributed by atoms with Gasteiger partial charge in [-0.3, -0.25) is 10.1 Å². The highest BCUT2D eigenvalue weighted by Crippen LogP contribution is 2.32. The van der Waals surface area contributed by atoms with Gasteiger partial charge >= 0.3 is 0 Å². The van der Waals surface area contributed by atoms with Gasteiger partial charge in [0.05, 0.1) is 4.92 Å². The molecule has 1 aliphatic rings. The maximum Gasteiger partial charge on any atom is 0.269 e. The number of aromatic nitrogens is 4. The molecule has 0 bridgehead atoms. The van der Waals surface area contributed by atoms with Crippen molar-refractivity contribution in [2.75, 3.05) is 5.32 Å². The zero-order valence-corrected chi connectivity index (χ0v) is 13.5. The fourth-order valence-corrected chi connectivity index (χ4v) is 2.84. The molecule has 0 fully saturated rings. The van der Waals surface area contributed by atoms with Gasteiger partial charge in [0.15, 0.2) is 0 Å². The summed E-state index contributed by atoms with van der Waals surface area (Å²) in [5.41, 5.74) is 2.45. The van der Waals surface area contributed by atoms with E-state index < -0.39 is 4.92 Å². The maximum absolute atomic E-state index is 11.1. The molecule has 0 amide bonds. The van der Waals surface area contributed by atoms with E-state index in [1.165, 1.54) is 12.1 Å². The number of hydrogen-bond acceptors (Lipinski definition) is 6. The average Bonchev–Trinajstić information content (AvgIpc) is 3.10. The van der Waals surface area contributed by atoms with Crippen LogP contribution in [0, 0.1) is 10.1 Å². The molecule has 25 heavy (non-hydrogen) atoms. The Balaban J connectivity index is 1.81. The minimum absolute atomic E-state index is 0.0205. The molecular formula is C16H11ClN6O2. The zero-order valence-electron chi connectivity index (χ0n) is 12.7. The number of nitrogens with one attached hydrogen (secondary N) is 1. The van der Waals surface area contributed by atoms with E-state index in [-0.39, 0.29) is 11.7 Å². The van der Waals surface area contributed by atoms with Crippen molar-refractivity contribution in [3.8, 4) is 0 Å². The Morgan fingerprint density at radius 1 is 1.20 bits per heavy atom. The van der Waals surface area contributed by atoms with Crippen LogP contribution < -0.4 is 5.32 Å². The number of allylic oxidation sites excluding steroid dienone is 1. The van der Waals surface area contributed by atoms with Crippen molar-refractivity contribution < 1.29 is 4.92 Å². The van der Waals surface area contributed by atoms with Crippen LogP contribution in [0.5, 0.6) is 0 Å². The van der Waals surface area contributed by atoms with E-state index in [0.29, 0.717) is 11.0 Å². The van der Waals surface area contributed by atoms with E-state index in [4.69, 9.17) is 11.6 Å². The van der Waals surface area contributed by atoms with Crippen molar-refractivity contribution in [1.29, 1.82) is 0 Å². The summed E-state index contributed by atoms with van der Waals surface area (Å²) in [4.78, 5) is 10.6. The van der Waals surface area contributed by atoms with E-state index >= 15 is 0 Å². The van der Waals surface area contributed by atoms with Crippen LogP contribution in [0.1, 0.15) is 17.2 Å². The predicted octanol–water partition coefficient (Wildman–Crippen LogP) is 3.29. The lowest BCUT2D eigenvalue weighted by molar-refractivity contribution is -0.384. The van der Waals surface area contributed by atoms with Gasteiger partial charge in [-0.05, 0) is 39.8 Å². The summed E-state index contributed by atoms with van der Waals surface area (Å²) in [5.74, 6) is 0.462. The van der Waals surface area contributed by atoms with Gasteiger partial charge in [0.2, 0.25) is 5.95 Å². The van der Waals surface area contributed by atoms with Crippen molar-refractivity contribution in [2.45, 2.75) is 6.04 Å². The average molecular weight is 355 g/mol. The van der Waals surface area contributed by atoms with Gasteiger partial charge in [0, 0.05) is 22.9 Å². The summed E-state index contributed by atoms with van der Waals surface area (Å²) < 4.78 is 1.58. The number of benzene rings is 2. The van der Waals surface area contributed by atoms with E-state index in [2.05, 4.69) is 20.8 Å². The number of nitro benzene ring substituents is 1. The van der Waals surface area contributed by atoms with Gasteiger partial charge in [0.25, 0.3) is 5.69 Å². The molecule has 3 aromatic rings. The van der Waals surface area contributed by atoms with Crippen molar-refractivity contribution >= 4 is 28.9 Å². The largest absolute Gasteiger partial charge is 0.323 e. The van der Waals surface area contributed by atoms with E-state index in [1.54, 1.807) is 22.9 Å². The first-order valence-electron chi connectivity index (χ1n) is 7.39. The Labute approximate surface area is 146 Å². The third-order valence-electron chi connectivity index (χ3n) is 3.91. The molecule has 0 spiro atoms. The molecule has 2 aromatic carbocycles. The number of tetrazole rings is 1. The highest BCUT2D eigenvalue weighted by atomic mass is 35.5. The summed E-state index contributed by atoms with van der Waals surface area (Å²) in [7, 11) is 0. The third-order valence-corrected chi connectivity index (χ3v) is 4.16. The Kier molecular flexibility index (Phi) is 3.66. The minimum atomic E-state index is -0.422. The topological polar surface area (TPSA) is 98.8 Å². The zero-order chi connectivity index (χ0) is 17.4. The molecule has 124 valence electrons. The van der Waals surface area contributed by atoms with Crippen LogP contribution in [0.2, 0.25) is 5.02 Å².